The van der Waals surface area contributed by atoms with E-state index in [0.717, 1.165) is 22.1 Å². The van der Waals surface area contributed by atoms with Crippen molar-refractivity contribution < 1.29 is 0 Å². The molecule has 0 saturated carbocycles. The van der Waals surface area contributed by atoms with Crippen LogP contribution in [0.3, 0.4) is 0 Å². The number of nitrogens with one attached hydrogen (secondary N) is 1. The highest BCUT2D eigenvalue weighted by molar-refractivity contribution is 7.13. The minimum atomic E-state index is 0.606. The van der Waals surface area contributed by atoms with E-state index in [0.29, 0.717) is 11.6 Å². The van der Waals surface area contributed by atoms with Gasteiger partial charge in [-0.15, -0.1) is 11.3 Å². The molecule has 0 aromatic carbocycles. The zero-order chi connectivity index (χ0) is 13.8. The van der Waals surface area contributed by atoms with Crippen LogP contribution in [0.1, 0.15) is 5.69 Å². The van der Waals surface area contributed by atoms with Gasteiger partial charge < -0.3 is 5.32 Å². The molecular formula is C14H11ClN4S. The first kappa shape index (κ1) is 13.0. The summed E-state index contributed by atoms with van der Waals surface area (Å²) < 4.78 is 0. The summed E-state index contributed by atoms with van der Waals surface area (Å²) in [5.74, 6) is 0. The number of aromatic nitrogens is 3. The molecule has 0 atom stereocenters. The van der Waals surface area contributed by atoms with Crippen LogP contribution >= 0.6 is 22.9 Å². The summed E-state index contributed by atoms with van der Waals surface area (Å²) in [6.07, 6.45) is 5.13. The number of hydrogen-bond acceptors (Lipinski definition) is 5. The Kier molecular flexibility index (Phi) is 3.90. The van der Waals surface area contributed by atoms with Crippen molar-refractivity contribution in [1.82, 2.24) is 15.0 Å². The molecule has 0 radical (unpaired) electrons. The molecule has 0 saturated heterocycles. The average molecular weight is 303 g/mol. The summed E-state index contributed by atoms with van der Waals surface area (Å²) in [6.45, 7) is 0.606. The maximum atomic E-state index is 6.06. The van der Waals surface area contributed by atoms with E-state index in [-0.39, 0.29) is 0 Å². The molecular weight excluding hydrogens is 292 g/mol. The molecule has 0 unspecified atom stereocenters. The predicted octanol–water partition coefficient (Wildman–Crippen LogP) is 3.87. The Morgan fingerprint density at radius 2 is 2.15 bits per heavy atom. The molecule has 0 bridgehead atoms. The van der Waals surface area contributed by atoms with Gasteiger partial charge in [0.2, 0.25) is 0 Å². The van der Waals surface area contributed by atoms with Gasteiger partial charge in [-0.25, -0.2) is 4.98 Å². The molecule has 1 N–H and O–H groups in total. The van der Waals surface area contributed by atoms with Crippen LogP contribution in [0.2, 0.25) is 5.02 Å². The normalized spacial score (nSPS) is 10.4. The number of nitrogens with zero attached hydrogens (tertiary/aromatic N) is 3. The Morgan fingerprint density at radius 3 is 2.95 bits per heavy atom. The Hall–Kier alpha value is -1.98. The number of halogens is 1. The quantitative estimate of drug-likeness (QED) is 0.795. The minimum absolute atomic E-state index is 0.606. The van der Waals surface area contributed by atoms with E-state index in [1.54, 1.807) is 36.0 Å². The lowest BCUT2D eigenvalue weighted by Gasteiger charge is -2.05. The van der Waals surface area contributed by atoms with Gasteiger partial charge >= 0.3 is 0 Å². The Balaban J connectivity index is 1.71. The largest absolute Gasteiger partial charge is 0.377 e. The van der Waals surface area contributed by atoms with Gasteiger partial charge in [0.1, 0.15) is 5.01 Å². The summed E-state index contributed by atoms with van der Waals surface area (Å²) in [7, 11) is 0. The first-order valence-corrected chi connectivity index (χ1v) is 7.28. The van der Waals surface area contributed by atoms with Gasteiger partial charge in [0.25, 0.3) is 0 Å². The van der Waals surface area contributed by atoms with E-state index in [1.807, 2.05) is 23.6 Å². The summed E-state index contributed by atoms with van der Waals surface area (Å²) in [5, 5.41) is 6.81. The monoisotopic (exact) mass is 302 g/mol. The zero-order valence-electron chi connectivity index (χ0n) is 10.5. The molecule has 3 aromatic heterocycles. The van der Waals surface area contributed by atoms with Crippen molar-refractivity contribution in [2.45, 2.75) is 6.54 Å². The zero-order valence-corrected chi connectivity index (χ0v) is 12.0. The molecule has 0 aliphatic heterocycles. The van der Waals surface area contributed by atoms with E-state index in [4.69, 9.17) is 11.6 Å². The van der Waals surface area contributed by atoms with Crippen LogP contribution in [-0.4, -0.2) is 15.0 Å². The fourth-order valence-electron chi connectivity index (χ4n) is 1.69. The number of rotatable bonds is 4. The molecule has 3 rings (SSSR count). The van der Waals surface area contributed by atoms with Crippen LogP contribution in [0.15, 0.2) is 48.2 Å². The SMILES string of the molecule is Clc1ccncc1NCc1csc(-c2ccccn2)n1. The van der Waals surface area contributed by atoms with Gasteiger partial charge in [-0.1, -0.05) is 17.7 Å². The molecule has 4 nitrogen and oxygen atoms in total. The maximum absolute atomic E-state index is 6.06. The fraction of sp³-hybridized carbons (Fsp3) is 0.0714. The Labute approximate surface area is 125 Å². The summed E-state index contributed by atoms with van der Waals surface area (Å²) in [4.78, 5) is 12.9. The average Bonchev–Trinajstić information content (AvgIpc) is 2.96. The number of hydrogen-bond donors (Lipinski definition) is 1. The van der Waals surface area contributed by atoms with E-state index < -0.39 is 0 Å². The highest BCUT2D eigenvalue weighted by Crippen LogP contribution is 2.23. The van der Waals surface area contributed by atoms with E-state index in [9.17, 15) is 0 Å². The molecule has 0 fully saturated rings. The molecule has 3 aromatic rings. The minimum Gasteiger partial charge on any atom is -0.377 e. The number of thiazole rings is 1. The second-order valence-corrected chi connectivity index (χ2v) is 5.33. The molecule has 20 heavy (non-hydrogen) atoms. The van der Waals surface area contributed by atoms with Gasteiger partial charge in [0, 0.05) is 17.8 Å². The van der Waals surface area contributed by atoms with Gasteiger partial charge in [-0.3, -0.25) is 9.97 Å². The highest BCUT2D eigenvalue weighted by Gasteiger charge is 2.06. The highest BCUT2D eigenvalue weighted by atomic mass is 35.5. The van der Waals surface area contributed by atoms with Crippen molar-refractivity contribution in [3.05, 3.63) is 59.0 Å². The molecule has 6 heteroatoms. The molecule has 0 spiro atoms. The molecule has 0 aliphatic carbocycles. The van der Waals surface area contributed by atoms with E-state index >= 15 is 0 Å². The summed E-state index contributed by atoms with van der Waals surface area (Å²) >= 11 is 7.64. The lowest BCUT2D eigenvalue weighted by Crippen LogP contribution is -2.00. The van der Waals surface area contributed by atoms with Crippen molar-refractivity contribution >= 4 is 28.6 Å². The van der Waals surface area contributed by atoms with Crippen molar-refractivity contribution in [2.24, 2.45) is 0 Å². The molecule has 100 valence electrons. The third kappa shape index (κ3) is 2.95. The van der Waals surface area contributed by atoms with Gasteiger partial charge in [0.05, 0.1) is 34.8 Å². The third-order valence-corrected chi connectivity index (χ3v) is 3.91. The number of anilines is 1. The van der Waals surface area contributed by atoms with Gasteiger partial charge in [-0.2, -0.15) is 0 Å². The second kappa shape index (κ2) is 5.98. The van der Waals surface area contributed by atoms with Crippen LogP contribution in [0.4, 0.5) is 5.69 Å². The van der Waals surface area contributed by atoms with Crippen molar-refractivity contribution in [2.75, 3.05) is 5.32 Å². The lowest BCUT2D eigenvalue weighted by molar-refractivity contribution is 1.07. The lowest BCUT2D eigenvalue weighted by atomic mass is 10.3. The van der Waals surface area contributed by atoms with Gasteiger partial charge in [0.15, 0.2) is 0 Å². The predicted molar refractivity (Wildman–Crippen MR) is 81.9 cm³/mol. The van der Waals surface area contributed by atoms with Crippen molar-refractivity contribution in [1.29, 1.82) is 0 Å². The van der Waals surface area contributed by atoms with E-state index in [1.165, 1.54) is 0 Å². The van der Waals surface area contributed by atoms with Crippen LogP contribution < -0.4 is 5.32 Å². The number of pyridine rings is 2. The van der Waals surface area contributed by atoms with Crippen molar-refractivity contribution in [3.8, 4) is 10.7 Å². The van der Waals surface area contributed by atoms with Crippen LogP contribution in [0.5, 0.6) is 0 Å². The molecule has 3 heterocycles. The molecule has 0 aliphatic rings. The summed E-state index contributed by atoms with van der Waals surface area (Å²) in [6, 6.07) is 7.55. The Bertz CT molecular complexity index is 699. The summed E-state index contributed by atoms with van der Waals surface area (Å²) in [5.41, 5.74) is 2.65. The maximum Gasteiger partial charge on any atom is 0.142 e. The van der Waals surface area contributed by atoms with E-state index in [2.05, 4.69) is 20.3 Å². The van der Waals surface area contributed by atoms with Crippen LogP contribution in [0, 0.1) is 0 Å². The van der Waals surface area contributed by atoms with Crippen LogP contribution in [-0.2, 0) is 6.54 Å². The van der Waals surface area contributed by atoms with Gasteiger partial charge in [-0.05, 0) is 18.2 Å². The first-order chi connectivity index (χ1) is 9.83. The Morgan fingerprint density at radius 1 is 1.20 bits per heavy atom. The van der Waals surface area contributed by atoms with Crippen LogP contribution in [0.25, 0.3) is 10.7 Å². The third-order valence-electron chi connectivity index (χ3n) is 2.66. The second-order valence-electron chi connectivity index (χ2n) is 4.07. The first-order valence-electron chi connectivity index (χ1n) is 6.02. The standard InChI is InChI=1S/C14H11ClN4S/c15-11-4-6-16-8-13(11)18-7-10-9-20-14(19-10)12-3-1-2-5-17-12/h1-6,8-9,18H,7H2. The van der Waals surface area contributed by atoms with Crippen molar-refractivity contribution in [3.63, 3.8) is 0 Å². The molecule has 0 amide bonds. The topological polar surface area (TPSA) is 50.7 Å². The fourth-order valence-corrected chi connectivity index (χ4v) is 2.66. The smallest absolute Gasteiger partial charge is 0.142 e.